The van der Waals surface area contributed by atoms with Crippen LogP contribution in [0.2, 0.25) is 0 Å². The van der Waals surface area contributed by atoms with Crippen molar-refractivity contribution in [3.63, 3.8) is 0 Å². The fourth-order valence-corrected chi connectivity index (χ4v) is 3.02. The van der Waals surface area contributed by atoms with Crippen LogP contribution in [0.25, 0.3) is 16.7 Å². The molecule has 0 unspecified atom stereocenters. The molecule has 0 atom stereocenters. The first kappa shape index (κ1) is 14.7. The summed E-state index contributed by atoms with van der Waals surface area (Å²) >= 11 is 0. The third kappa shape index (κ3) is 2.75. The van der Waals surface area contributed by atoms with Gasteiger partial charge in [-0.15, -0.1) is 0 Å². The number of allylic oxidation sites excluding steroid dienone is 4. The average molecular weight is 316 g/mol. The van der Waals surface area contributed by atoms with Gasteiger partial charge < -0.3 is 4.52 Å². The number of hydrogen-bond acceptors (Lipinski definition) is 4. The molecule has 2 N–H and O–H groups in total. The van der Waals surface area contributed by atoms with Gasteiger partial charge in [-0.05, 0) is 37.5 Å². The number of nitrogens with two attached hydrogens (primary N) is 1. The molecule has 0 aliphatic heterocycles. The average Bonchev–Trinajstić information content (AvgIpc) is 2.89. The summed E-state index contributed by atoms with van der Waals surface area (Å²) in [5.41, 5.74) is 3.52. The molecule has 3 rings (SSSR count). The molecule has 0 saturated heterocycles. The highest BCUT2D eigenvalue weighted by Gasteiger charge is 2.18. The molecule has 1 heterocycles. The summed E-state index contributed by atoms with van der Waals surface area (Å²) in [5.74, 6) is 0.693. The van der Waals surface area contributed by atoms with Crippen LogP contribution in [0, 0.1) is 6.92 Å². The summed E-state index contributed by atoms with van der Waals surface area (Å²) in [6.45, 7) is 1.84. The largest absolute Gasteiger partial charge is 0.360 e. The monoisotopic (exact) mass is 316 g/mol. The van der Waals surface area contributed by atoms with E-state index in [1.807, 2.05) is 13.0 Å². The van der Waals surface area contributed by atoms with Gasteiger partial charge in [-0.1, -0.05) is 35.5 Å². The van der Waals surface area contributed by atoms with Crippen LogP contribution in [0.4, 0.5) is 0 Å². The highest BCUT2D eigenvalue weighted by atomic mass is 32.2. The van der Waals surface area contributed by atoms with Gasteiger partial charge in [0.15, 0.2) is 0 Å². The third-order valence-corrected chi connectivity index (χ3v) is 4.53. The van der Waals surface area contributed by atoms with Crippen molar-refractivity contribution in [1.82, 2.24) is 5.16 Å². The van der Waals surface area contributed by atoms with Crippen LogP contribution in [0.5, 0.6) is 0 Å². The van der Waals surface area contributed by atoms with Crippen molar-refractivity contribution < 1.29 is 12.9 Å². The number of rotatable bonds is 3. The van der Waals surface area contributed by atoms with Gasteiger partial charge in [-0.2, -0.15) is 0 Å². The molecule has 0 spiro atoms. The number of benzene rings is 1. The van der Waals surface area contributed by atoms with Crippen molar-refractivity contribution in [3.8, 4) is 11.1 Å². The Labute approximate surface area is 129 Å². The zero-order chi connectivity index (χ0) is 15.7. The quantitative estimate of drug-likeness (QED) is 0.943. The minimum Gasteiger partial charge on any atom is -0.360 e. The van der Waals surface area contributed by atoms with Gasteiger partial charge in [0.1, 0.15) is 11.5 Å². The van der Waals surface area contributed by atoms with E-state index in [9.17, 15) is 8.42 Å². The van der Waals surface area contributed by atoms with Crippen LogP contribution in [0.15, 0.2) is 51.9 Å². The zero-order valence-electron chi connectivity index (χ0n) is 12.1. The molecule has 2 aromatic rings. The Hall–Kier alpha value is -2.18. The highest BCUT2D eigenvalue weighted by molar-refractivity contribution is 7.89. The number of hydrogen-bond donors (Lipinski definition) is 1. The first-order valence-corrected chi connectivity index (χ1v) is 8.48. The lowest BCUT2D eigenvalue weighted by Gasteiger charge is -2.07. The molecule has 114 valence electrons. The molecule has 1 aromatic heterocycles. The molecular weight excluding hydrogens is 300 g/mol. The van der Waals surface area contributed by atoms with E-state index in [2.05, 4.69) is 17.3 Å². The van der Waals surface area contributed by atoms with Gasteiger partial charge in [-0.25, -0.2) is 13.6 Å². The maximum Gasteiger partial charge on any atom is 0.238 e. The minimum absolute atomic E-state index is 0.0867. The van der Waals surface area contributed by atoms with Gasteiger partial charge in [0.25, 0.3) is 0 Å². The van der Waals surface area contributed by atoms with Crippen molar-refractivity contribution in [2.75, 3.05) is 0 Å². The molecule has 22 heavy (non-hydrogen) atoms. The smallest absolute Gasteiger partial charge is 0.238 e. The maximum atomic E-state index is 11.3. The number of aromatic nitrogens is 1. The van der Waals surface area contributed by atoms with E-state index in [0.29, 0.717) is 5.76 Å². The molecule has 6 heteroatoms. The molecule has 0 fully saturated rings. The first-order chi connectivity index (χ1) is 10.5. The van der Waals surface area contributed by atoms with Crippen LogP contribution < -0.4 is 5.14 Å². The molecule has 0 saturated carbocycles. The van der Waals surface area contributed by atoms with E-state index in [-0.39, 0.29) is 4.90 Å². The molecular formula is C16H16N2O3S. The summed E-state index contributed by atoms with van der Waals surface area (Å²) in [7, 11) is -3.69. The minimum atomic E-state index is -3.69. The lowest BCUT2D eigenvalue weighted by molar-refractivity contribution is 0.396. The molecule has 1 aromatic carbocycles. The van der Waals surface area contributed by atoms with E-state index in [0.717, 1.165) is 35.2 Å². The van der Waals surface area contributed by atoms with Crippen LogP contribution in [0.3, 0.4) is 0 Å². The van der Waals surface area contributed by atoms with Crippen LogP contribution in [0.1, 0.15) is 24.3 Å². The van der Waals surface area contributed by atoms with Crippen molar-refractivity contribution in [3.05, 3.63) is 53.9 Å². The maximum absolute atomic E-state index is 11.3. The topological polar surface area (TPSA) is 86.2 Å². The predicted molar refractivity (Wildman–Crippen MR) is 84.4 cm³/mol. The summed E-state index contributed by atoms with van der Waals surface area (Å²) in [4.78, 5) is 0.0867. The van der Waals surface area contributed by atoms with E-state index < -0.39 is 10.0 Å². The SMILES string of the molecule is Cc1onc(C2=CCCC=C2)c1-c1ccc(S(N)(=O)=O)cc1. The lowest BCUT2D eigenvalue weighted by Crippen LogP contribution is -2.11. The van der Waals surface area contributed by atoms with E-state index >= 15 is 0 Å². The van der Waals surface area contributed by atoms with Crippen LogP contribution in [-0.2, 0) is 10.0 Å². The number of aryl methyl sites for hydroxylation is 1. The molecule has 1 aliphatic carbocycles. The zero-order valence-corrected chi connectivity index (χ0v) is 12.9. The fourth-order valence-electron chi connectivity index (χ4n) is 2.51. The summed E-state index contributed by atoms with van der Waals surface area (Å²) in [5, 5.41) is 9.27. The summed E-state index contributed by atoms with van der Waals surface area (Å²) < 4.78 is 28.0. The molecule has 0 amide bonds. The van der Waals surface area contributed by atoms with Crippen molar-refractivity contribution in [2.24, 2.45) is 5.14 Å². The van der Waals surface area contributed by atoms with E-state index in [1.165, 1.54) is 12.1 Å². The van der Waals surface area contributed by atoms with Gasteiger partial charge in [-0.3, -0.25) is 0 Å². The van der Waals surface area contributed by atoms with Crippen LogP contribution >= 0.6 is 0 Å². The van der Waals surface area contributed by atoms with Crippen molar-refractivity contribution >= 4 is 15.6 Å². The Morgan fingerprint density at radius 2 is 1.91 bits per heavy atom. The normalized spacial score (nSPS) is 14.9. The predicted octanol–water partition coefficient (Wildman–Crippen LogP) is 3.03. The van der Waals surface area contributed by atoms with Gasteiger partial charge in [0, 0.05) is 5.57 Å². The lowest BCUT2D eigenvalue weighted by atomic mass is 9.96. The van der Waals surface area contributed by atoms with E-state index in [1.54, 1.807) is 12.1 Å². The molecule has 5 nitrogen and oxygen atoms in total. The van der Waals surface area contributed by atoms with Crippen molar-refractivity contribution in [2.45, 2.75) is 24.7 Å². The second-order valence-corrected chi connectivity index (χ2v) is 6.73. The van der Waals surface area contributed by atoms with E-state index in [4.69, 9.17) is 9.66 Å². The molecule has 0 bridgehead atoms. The Morgan fingerprint density at radius 1 is 1.18 bits per heavy atom. The summed E-state index contributed by atoms with van der Waals surface area (Å²) in [6.07, 6.45) is 8.26. The number of sulfonamides is 1. The standard InChI is InChI=1S/C16H16N2O3S/c1-11-15(12-7-9-14(10-8-12)22(17,19)20)16(18-21-11)13-5-3-2-4-6-13/h3,5-10H,2,4H2,1H3,(H2,17,19,20). The second kappa shape index (κ2) is 5.55. The Bertz CT molecular complexity index is 859. The fraction of sp³-hybridized carbons (Fsp3) is 0.188. The van der Waals surface area contributed by atoms with Crippen LogP contribution in [-0.4, -0.2) is 13.6 Å². The van der Waals surface area contributed by atoms with Crippen molar-refractivity contribution in [1.29, 1.82) is 0 Å². The highest BCUT2D eigenvalue weighted by Crippen LogP contribution is 2.33. The number of primary sulfonamides is 1. The van der Waals surface area contributed by atoms with Gasteiger partial charge >= 0.3 is 0 Å². The Balaban J connectivity index is 2.07. The number of nitrogens with zero attached hydrogens (tertiary/aromatic N) is 1. The first-order valence-electron chi connectivity index (χ1n) is 6.93. The van der Waals surface area contributed by atoms with Gasteiger partial charge in [0.2, 0.25) is 10.0 Å². The Morgan fingerprint density at radius 3 is 2.50 bits per heavy atom. The molecule has 1 aliphatic rings. The molecule has 0 radical (unpaired) electrons. The van der Waals surface area contributed by atoms with Gasteiger partial charge in [0.05, 0.1) is 10.5 Å². The third-order valence-electron chi connectivity index (χ3n) is 3.60. The second-order valence-electron chi connectivity index (χ2n) is 5.17. The summed E-state index contributed by atoms with van der Waals surface area (Å²) in [6, 6.07) is 6.42. The Kier molecular flexibility index (Phi) is 3.72.